The van der Waals surface area contributed by atoms with Crippen molar-refractivity contribution in [2.45, 2.75) is 32.4 Å². The van der Waals surface area contributed by atoms with E-state index in [0.717, 1.165) is 16.1 Å². The Morgan fingerprint density at radius 1 is 1.31 bits per heavy atom. The summed E-state index contributed by atoms with van der Waals surface area (Å²) in [5.74, 6) is 0.121. The van der Waals surface area contributed by atoms with Gasteiger partial charge in [-0.25, -0.2) is 9.38 Å². The quantitative estimate of drug-likeness (QED) is 0.477. The maximum Gasteiger partial charge on any atom is 0.236 e. The number of ether oxygens (including phenoxy) is 1. The maximum absolute atomic E-state index is 13.4. The van der Waals surface area contributed by atoms with Gasteiger partial charge in [0.2, 0.25) is 5.91 Å². The van der Waals surface area contributed by atoms with Crippen molar-refractivity contribution in [1.82, 2.24) is 9.88 Å². The molecule has 1 amide bonds. The molecule has 1 aromatic heterocycles. The Kier molecular flexibility index (Phi) is 8.44. The van der Waals surface area contributed by atoms with E-state index in [1.165, 1.54) is 23.5 Å². The molecule has 3 aromatic rings. The van der Waals surface area contributed by atoms with E-state index in [2.05, 4.69) is 9.88 Å². The minimum Gasteiger partial charge on any atom is -0.494 e. The molecule has 3 N–H and O–H groups in total. The van der Waals surface area contributed by atoms with Gasteiger partial charge in [-0.1, -0.05) is 11.6 Å². The van der Waals surface area contributed by atoms with Gasteiger partial charge in [-0.15, -0.1) is 11.3 Å². The maximum atomic E-state index is 13.4. The number of amides is 1. The van der Waals surface area contributed by atoms with E-state index < -0.39 is 6.04 Å². The summed E-state index contributed by atoms with van der Waals surface area (Å²) < 4.78 is 20.9. The van der Waals surface area contributed by atoms with Crippen molar-refractivity contribution in [3.05, 3.63) is 63.5 Å². The van der Waals surface area contributed by atoms with E-state index in [9.17, 15) is 9.18 Å². The van der Waals surface area contributed by atoms with Gasteiger partial charge in [0.1, 0.15) is 17.3 Å². The van der Waals surface area contributed by atoms with Gasteiger partial charge in [0.05, 0.1) is 18.8 Å². The number of likely N-dealkylation sites (N-methyl/N-ethyl adjacent to an activating group) is 1. The average molecular weight is 477 g/mol. The highest BCUT2D eigenvalue weighted by molar-refractivity contribution is 7.07. The standard InChI is InChI=1S/C23H26ClFN4O2S/c1-3-27-22(30)18(26)5-4-12-29-20(15-6-9-17(25)10-7-15)14-32-23(29)28-19-11-8-16(24)13-21(19)31-2/h6-11,13-14,18H,3-5,12,26H2,1-2H3,(H,27,30). The number of carbonyl (C=O) groups is 1. The predicted octanol–water partition coefficient (Wildman–Crippen LogP) is 4.49. The van der Waals surface area contributed by atoms with Crippen LogP contribution in [0.15, 0.2) is 52.8 Å². The third-order valence-corrected chi connectivity index (χ3v) is 5.98. The topological polar surface area (TPSA) is 81.6 Å². The lowest BCUT2D eigenvalue weighted by atomic mass is 10.1. The van der Waals surface area contributed by atoms with Gasteiger partial charge in [-0.2, -0.15) is 0 Å². The van der Waals surface area contributed by atoms with E-state index in [1.54, 1.807) is 37.4 Å². The van der Waals surface area contributed by atoms with Crippen molar-refractivity contribution < 1.29 is 13.9 Å². The first-order valence-corrected chi connectivity index (χ1v) is 11.5. The molecule has 3 rings (SSSR count). The lowest BCUT2D eigenvalue weighted by Gasteiger charge is -2.13. The Bertz CT molecular complexity index is 1130. The molecule has 1 atom stereocenters. The number of thiazole rings is 1. The minimum atomic E-state index is -0.569. The normalized spacial score (nSPS) is 12.6. The summed E-state index contributed by atoms with van der Waals surface area (Å²) in [6, 6.07) is 11.0. The summed E-state index contributed by atoms with van der Waals surface area (Å²) in [5, 5.41) is 5.29. The second kappa shape index (κ2) is 11.3. The van der Waals surface area contributed by atoms with Gasteiger partial charge in [0.15, 0.2) is 4.80 Å². The molecule has 0 spiro atoms. The van der Waals surface area contributed by atoms with E-state index in [4.69, 9.17) is 27.1 Å². The molecule has 0 aliphatic rings. The molecular formula is C23H26ClFN4O2S. The monoisotopic (exact) mass is 476 g/mol. The van der Waals surface area contributed by atoms with Crippen molar-refractivity contribution in [3.8, 4) is 17.0 Å². The smallest absolute Gasteiger partial charge is 0.236 e. The minimum absolute atomic E-state index is 0.155. The fourth-order valence-electron chi connectivity index (χ4n) is 3.24. The van der Waals surface area contributed by atoms with Gasteiger partial charge >= 0.3 is 0 Å². The molecule has 0 fully saturated rings. The predicted molar refractivity (Wildman–Crippen MR) is 127 cm³/mol. The molecule has 1 heterocycles. The van der Waals surface area contributed by atoms with Gasteiger partial charge in [-0.3, -0.25) is 4.79 Å². The molecule has 9 heteroatoms. The summed E-state index contributed by atoms with van der Waals surface area (Å²) in [7, 11) is 1.57. The first-order chi connectivity index (χ1) is 15.4. The molecule has 0 radical (unpaired) electrons. The average Bonchev–Trinajstić information content (AvgIpc) is 3.17. The van der Waals surface area contributed by atoms with Crippen molar-refractivity contribution in [2.24, 2.45) is 10.7 Å². The lowest BCUT2D eigenvalue weighted by molar-refractivity contribution is -0.122. The molecule has 0 saturated carbocycles. The van der Waals surface area contributed by atoms with Gasteiger partial charge in [-0.05, 0) is 61.7 Å². The number of aromatic nitrogens is 1. The number of hydrogen-bond acceptors (Lipinski definition) is 5. The van der Waals surface area contributed by atoms with Crippen LogP contribution in [-0.4, -0.2) is 30.2 Å². The SMILES string of the molecule is CCNC(=O)C(N)CCCn1c(-c2ccc(F)cc2)csc1=Nc1ccc(Cl)cc1OC. The third-order valence-electron chi connectivity index (χ3n) is 4.88. The van der Waals surface area contributed by atoms with E-state index in [-0.39, 0.29) is 11.7 Å². The second-order valence-corrected chi connectivity index (χ2v) is 8.41. The Morgan fingerprint density at radius 2 is 2.06 bits per heavy atom. The fraction of sp³-hybridized carbons (Fsp3) is 0.304. The summed E-state index contributed by atoms with van der Waals surface area (Å²) >= 11 is 7.54. The lowest BCUT2D eigenvalue weighted by Crippen LogP contribution is -2.40. The largest absolute Gasteiger partial charge is 0.494 e. The molecule has 0 aliphatic heterocycles. The summed E-state index contributed by atoms with van der Waals surface area (Å²) in [4.78, 5) is 17.5. The van der Waals surface area contributed by atoms with Crippen LogP contribution in [0.1, 0.15) is 19.8 Å². The highest BCUT2D eigenvalue weighted by Gasteiger charge is 2.14. The molecule has 0 aliphatic carbocycles. The summed E-state index contributed by atoms with van der Waals surface area (Å²) in [6.45, 7) is 3.00. The number of nitrogens with zero attached hydrogens (tertiary/aromatic N) is 2. The van der Waals surface area contributed by atoms with E-state index >= 15 is 0 Å². The zero-order valence-corrected chi connectivity index (χ0v) is 19.5. The molecule has 170 valence electrons. The molecule has 0 bridgehead atoms. The summed E-state index contributed by atoms with van der Waals surface area (Å²) in [5.41, 5.74) is 8.45. The Balaban J connectivity index is 1.95. The Morgan fingerprint density at radius 3 is 2.75 bits per heavy atom. The first-order valence-electron chi connectivity index (χ1n) is 10.3. The van der Waals surface area contributed by atoms with Crippen molar-refractivity contribution in [2.75, 3.05) is 13.7 Å². The van der Waals surface area contributed by atoms with Crippen LogP contribution >= 0.6 is 22.9 Å². The van der Waals surface area contributed by atoms with Gasteiger partial charge in [0.25, 0.3) is 0 Å². The van der Waals surface area contributed by atoms with Crippen LogP contribution in [0.5, 0.6) is 5.75 Å². The van der Waals surface area contributed by atoms with Gasteiger partial charge < -0.3 is 20.4 Å². The molecule has 6 nitrogen and oxygen atoms in total. The molecule has 1 unspecified atom stereocenters. The van der Waals surface area contributed by atoms with Crippen molar-refractivity contribution in [3.63, 3.8) is 0 Å². The van der Waals surface area contributed by atoms with E-state index in [1.807, 2.05) is 12.3 Å². The number of halogens is 2. The first kappa shape index (κ1) is 24.0. The zero-order chi connectivity index (χ0) is 23.1. The molecule has 0 saturated heterocycles. The van der Waals surface area contributed by atoms with Crippen LogP contribution in [0.3, 0.4) is 0 Å². The molecule has 2 aromatic carbocycles. The third kappa shape index (κ3) is 5.97. The number of carbonyl (C=O) groups excluding carboxylic acids is 1. The number of nitrogens with two attached hydrogens (primary N) is 1. The number of methoxy groups -OCH3 is 1. The highest BCUT2D eigenvalue weighted by Crippen LogP contribution is 2.30. The second-order valence-electron chi connectivity index (χ2n) is 7.13. The number of benzene rings is 2. The Hall–Kier alpha value is -2.68. The highest BCUT2D eigenvalue weighted by atomic mass is 35.5. The van der Waals surface area contributed by atoms with Crippen LogP contribution in [0.4, 0.5) is 10.1 Å². The van der Waals surface area contributed by atoms with Crippen LogP contribution in [-0.2, 0) is 11.3 Å². The number of hydrogen-bond donors (Lipinski definition) is 2. The number of nitrogens with one attached hydrogen (secondary N) is 1. The van der Waals surface area contributed by atoms with Crippen LogP contribution < -0.4 is 20.6 Å². The summed E-state index contributed by atoms with van der Waals surface area (Å²) in [6.07, 6.45) is 1.20. The fourth-order valence-corrected chi connectivity index (χ4v) is 4.35. The van der Waals surface area contributed by atoms with Crippen LogP contribution in [0.2, 0.25) is 5.02 Å². The molecular weight excluding hydrogens is 451 g/mol. The van der Waals surface area contributed by atoms with Crippen LogP contribution in [0.25, 0.3) is 11.3 Å². The van der Waals surface area contributed by atoms with Gasteiger partial charge in [0, 0.05) is 29.6 Å². The van der Waals surface area contributed by atoms with Crippen molar-refractivity contribution in [1.29, 1.82) is 0 Å². The Labute approximate surface area is 195 Å². The van der Waals surface area contributed by atoms with Crippen LogP contribution in [0, 0.1) is 5.82 Å². The molecule has 32 heavy (non-hydrogen) atoms. The number of rotatable bonds is 9. The zero-order valence-electron chi connectivity index (χ0n) is 18.0. The van der Waals surface area contributed by atoms with Crippen molar-refractivity contribution >= 4 is 34.5 Å². The van der Waals surface area contributed by atoms with E-state index in [0.29, 0.717) is 42.4 Å².